The van der Waals surface area contributed by atoms with Crippen molar-refractivity contribution >= 4 is 33.9 Å². The Kier molecular flexibility index (Phi) is 6.63. The molecule has 3 heteroatoms. The van der Waals surface area contributed by atoms with E-state index in [9.17, 15) is 0 Å². The van der Waals surface area contributed by atoms with E-state index in [1.165, 1.54) is 54.3 Å². The number of hydrogen-bond donors (Lipinski definition) is 1. The summed E-state index contributed by atoms with van der Waals surface area (Å²) in [4.78, 5) is 1.64. The third kappa shape index (κ3) is 4.43. The van der Waals surface area contributed by atoms with Gasteiger partial charge in [-0.25, -0.2) is 0 Å². The summed E-state index contributed by atoms with van der Waals surface area (Å²) in [6, 6.07) is 3.76. The number of rotatable bonds is 7. The minimum atomic E-state index is 0.622. The Labute approximate surface area is 135 Å². The van der Waals surface area contributed by atoms with E-state index in [2.05, 4.69) is 47.8 Å². The van der Waals surface area contributed by atoms with Gasteiger partial charge in [-0.15, -0.1) is 11.3 Å². The first kappa shape index (κ1) is 15.8. The number of fused-ring (bicyclic) bond motifs is 1. The molecule has 108 valence electrons. The van der Waals surface area contributed by atoms with E-state index in [1.54, 1.807) is 10.4 Å². The average molecular weight is 391 g/mol. The van der Waals surface area contributed by atoms with E-state index < -0.39 is 0 Å². The van der Waals surface area contributed by atoms with Crippen molar-refractivity contribution in [2.45, 2.75) is 77.3 Å². The lowest BCUT2D eigenvalue weighted by atomic mass is 9.92. The largest absolute Gasteiger partial charge is 0.307 e. The lowest BCUT2D eigenvalue weighted by Gasteiger charge is -2.29. The highest BCUT2D eigenvalue weighted by Gasteiger charge is 2.24. The Morgan fingerprint density at radius 2 is 2.21 bits per heavy atom. The summed E-state index contributed by atoms with van der Waals surface area (Å²) in [5, 5.41) is 3.96. The smallest absolute Gasteiger partial charge is 0.0659 e. The summed E-state index contributed by atoms with van der Waals surface area (Å²) < 4.78 is 1.46. The van der Waals surface area contributed by atoms with Gasteiger partial charge >= 0.3 is 0 Å². The molecule has 0 saturated heterocycles. The van der Waals surface area contributed by atoms with Gasteiger partial charge in [-0.3, -0.25) is 0 Å². The van der Waals surface area contributed by atoms with Crippen LogP contribution in [0.15, 0.2) is 6.07 Å². The number of thiophene rings is 1. The fourth-order valence-electron chi connectivity index (χ4n) is 3.09. The molecular weight excluding hydrogens is 365 g/mol. The van der Waals surface area contributed by atoms with E-state index in [1.807, 2.05) is 11.3 Å². The van der Waals surface area contributed by atoms with Gasteiger partial charge in [0.1, 0.15) is 0 Å². The number of unbranched alkanes of at least 4 members (excludes halogenated alkanes) is 1. The molecule has 0 aromatic carbocycles. The molecule has 1 aliphatic carbocycles. The molecule has 0 saturated carbocycles. The van der Waals surface area contributed by atoms with Crippen LogP contribution in [-0.2, 0) is 6.42 Å². The van der Waals surface area contributed by atoms with Crippen LogP contribution >= 0.6 is 33.9 Å². The number of nitrogens with one attached hydrogen (secondary N) is 1. The first-order valence-corrected chi connectivity index (χ1v) is 9.68. The molecule has 19 heavy (non-hydrogen) atoms. The molecule has 1 heterocycles. The second kappa shape index (κ2) is 7.99. The molecule has 1 aliphatic rings. The summed E-state index contributed by atoms with van der Waals surface area (Å²) in [5.74, 6) is 0. The van der Waals surface area contributed by atoms with Crippen LogP contribution in [0, 0.1) is 2.88 Å². The number of aryl methyl sites for hydroxylation is 1. The Bertz CT molecular complexity index is 388. The van der Waals surface area contributed by atoms with Crippen LogP contribution in [0.2, 0.25) is 0 Å². The summed E-state index contributed by atoms with van der Waals surface area (Å²) in [5.41, 5.74) is 1.61. The zero-order chi connectivity index (χ0) is 13.7. The molecule has 1 aromatic heterocycles. The number of halogens is 1. The second-order valence-electron chi connectivity index (χ2n) is 5.67. The maximum Gasteiger partial charge on any atom is 0.0659 e. The second-order valence-corrected chi connectivity index (χ2v) is 8.70. The standard InChI is InChI=1S/C16H26INS/c1-3-5-8-12(7-4-2)18-14-9-6-10-15-13(14)11-16(17)19-15/h11-12,14,18H,3-10H2,1-2H3. The molecular formula is C16H26INS. The minimum Gasteiger partial charge on any atom is -0.307 e. The van der Waals surface area contributed by atoms with Crippen molar-refractivity contribution in [1.82, 2.24) is 5.32 Å². The van der Waals surface area contributed by atoms with Gasteiger partial charge in [-0.1, -0.05) is 33.1 Å². The maximum atomic E-state index is 3.96. The van der Waals surface area contributed by atoms with Crippen molar-refractivity contribution in [2.24, 2.45) is 0 Å². The molecule has 2 unspecified atom stereocenters. The summed E-state index contributed by atoms with van der Waals surface area (Å²) in [6.07, 6.45) is 10.6. The van der Waals surface area contributed by atoms with Crippen molar-refractivity contribution in [2.75, 3.05) is 0 Å². The fourth-order valence-corrected chi connectivity index (χ4v) is 5.21. The fraction of sp³-hybridized carbons (Fsp3) is 0.750. The molecule has 0 amide bonds. The summed E-state index contributed by atoms with van der Waals surface area (Å²) in [7, 11) is 0. The van der Waals surface area contributed by atoms with Crippen LogP contribution in [-0.4, -0.2) is 6.04 Å². The van der Waals surface area contributed by atoms with E-state index in [-0.39, 0.29) is 0 Å². The highest BCUT2D eigenvalue weighted by molar-refractivity contribution is 14.1. The van der Waals surface area contributed by atoms with E-state index in [4.69, 9.17) is 0 Å². The van der Waals surface area contributed by atoms with Crippen molar-refractivity contribution in [3.63, 3.8) is 0 Å². The van der Waals surface area contributed by atoms with Crippen molar-refractivity contribution in [1.29, 1.82) is 0 Å². The van der Waals surface area contributed by atoms with Crippen LogP contribution in [0.5, 0.6) is 0 Å². The quantitative estimate of drug-likeness (QED) is 0.590. The Morgan fingerprint density at radius 1 is 1.37 bits per heavy atom. The van der Waals surface area contributed by atoms with Crippen molar-refractivity contribution in [3.8, 4) is 0 Å². The van der Waals surface area contributed by atoms with E-state index in [0.29, 0.717) is 6.04 Å². The first-order chi connectivity index (χ1) is 9.24. The number of hydrogen-bond acceptors (Lipinski definition) is 2. The average Bonchev–Trinajstić information content (AvgIpc) is 2.77. The molecule has 0 fully saturated rings. The van der Waals surface area contributed by atoms with Gasteiger partial charge in [0.25, 0.3) is 0 Å². The maximum absolute atomic E-state index is 3.96. The van der Waals surface area contributed by atoms with Gasteiger partial charge in [0.2, 0.25) is 0 Å². The van der Waals surface area contributed by atoms with Gasteiger partial charge in [0.15, 0.2) is 0 Å². The van der Waals surface area contributed by atoms with E-state index in [0.717, 1.165) is 6.04 Å². The highest BCUT2D eigenvalue weighted by atomic mass is 127. The predicted octanol–water partition coefficient (Wildman–Crippen LogP) is 5.68. The van der Waals surface area contributed by atoms with Crippen LogP contribution in [0.25, 0.3) is 0 Å². The molecule has 0 aliphatic heterocycles. The van der Waals surface area contributed by atoms with Crippen LogP contribution in [0.3, 0.4) is 0 Å². The van der Waals surface area contributed by atoms with Crippen LogP contribution in [0.4, 0.5) is 0 Å². The molecule has 1 aromatic rings. The molecule has 0 bridgehead atoms. The SMILES string of the molecule is CCCCC(CCC)NC1CCCc2sc(I)cc21. The Hall–Kier alpha value is 0.390. The van der Waals surface area contributed by atoms with Crippen LogP contribution < -0.4 is 5.32 Å². The van der Waals surface area contributed by atoms with Crippen LogP contribution in [0.1, 0.15) is 75.3 Å². The summed E-state index contributed by atoms with van der Waals surface area (Å²) >= 11 is 4.47. The zero-order valence-electron chi connectivity index (χ0n) is 12.2. The molecule has 2 rings (SSSR count). The zero-order valence-corrected chi connectivity index (χ0v) is 15.1. The molecule has 2 atom stereocenters. The monoisotopic (exact) mass is 391 g/mol. The highest BCUT2D eigenvalue weighted by Crippen LogP contribution is 2.36. The van der Waals surface area contributed by atoms with Gasteiger partial charge < -0.3 is 5.32 Å². The first-order valence-electron chi connectivity index (χ1n) is 7.78. The third-order valence-corrected chi connectivity index (χ3v) is 6.03. The molecule has 0 spiro atoms. The van der Waals surface area contributed by atoms with E-state index >= 15 is 0 Å². The van der Waals surface area contributed by atoms with Gasteiger partial charge in [-0.2, -0.15) is 0 Å². The predicted molar refractivity (Wildman–Crippen MR) is 94.1 cm³/mol. The topological polar surface area (TPSA) is 12.0 Å². The minimum absolute atomic E-state index is 0.622. The molecule has 1 nitrogen and oxygen atoms in total. The lowest BCUT2D eigenvalue weighted by Crippen LogP contribution is -2.34. The molecule has 1 N–H and O–H groups in total. The van der Waals surface area contributed by atoms with Gasteiger partial charge in [0.05, 0.1) is 2.88 Å². The normalized spacial score (nSPS) is 20.3. The molecule has 0 radical (unpaired) electrons. The van der Waals surface area contributed by atoms with Gasteiger partial charge in [0, 0.05) is 17.0 Å². The summed E-state index contributed by atoms with van der Waals surface area (Å²) in [6.45, 7) is 4.60. The Morgan fingerprint density at radius 3 is 2.95 bits per heavy atom. The lowest BCUT2D eigenvalue weighted by molar-refractivity contribution is 0.358. The third-order valence-electron chi connectivity index (χ3n) is 4.06. The van der Waals surface area contributed by atoms with Crippen molar-refractivity contribution < 1.29 is 0 Å². The van der Waals surface area contributed by atoms with Crippen molar-refractivity contribution in [3.05, 3.63) is 19.4 Å². The Balaban J connectivity index is 2.00. The van der Waals surface area contributed by atoms with Gasteiger partial charge in [-0.05, 0) is 66.3 Å².